The minimum Gasteiger partial charge on any atom is -0.273 e. The van der Waals surface area contributed by atoms with Crippen LogP contribution in [0, 0.1) is 0 Å². The van der Waals surface area contributed by atoms with Crippen LogP contribution in [0.3, 0.4) is 0 Å². The van der Waals surface area contributed by atoms with Gasteiger partial charge in [0.05, 0.1) is 12.1 Å². The van der Waals surface area contributed by atoms with Gasteiger partial charge in [0.2, 0.25) is 5.91 Å². The number of carbonyl (C=O) groups is 1. The van der Waals surface area contributed by atoms with Crippen molar-refractivity contribution in [3.8, 4) is 0 Å². The van der Waals surface area contributed by atoms with Crippen molar-refractivity contribution < 1.29 is 4.79 Å². The predicted octanol–water partition coefficient (Wildman–Crippen LogP) is 3.53. The summed E-state index contributed by atoms with van der Waals surface area (Å²) in [4.78, 5) is 11.8. The van der Waals surface area contributed by atoms with E-state index in [1.54, 1.807) is 0 Å². The molecule has 0 radical (unpaired) electrons. The highest BCUT2D eigenvalue weighted by atomic mass is 79.9. The molecule has 0 aliphatic carbocycles. The summed E-state index contributed by atoms with van der Waals surface area (Å²) in [6.45, 7) is 1.87. The summed E-state index contributed by atoms with van der Waals surface area (Å²) in [5.74, 6) is -0.120. The summed E-state index contributed by atoms with van der Waals surface area (Å²) in [6.07, 6.45) is 0.329. The summed E-state index contributed by atoms with van der Waals surface area (Å²) in [6, 6.07) is 17.4. The molecule has 0 aromatic heterocycles. The molecule has 2 aromatic rings. The highest BCUT2D eigenvalue weighted by molar-refractivity contribution is 9.10. The van der Waals surface area contributed by atoms with Gasteiger partial charge in [-0.25, -0.2) is 5.43 Å². The molecule has 1 N–H and O–H groups in total. The van der Waals surface area contributed by atoms with Gasteiger partial charge in [-0.05, 0) is 30.2 Å². The van der Waals surface area contributed by atoms with Crippen LogP contribution >= 0.6 is 15.9 Å². The van der Waals surface area contributed by atoms with Gasteiger partial charge >= 0.3 is 0 Å². The largest absolute Gasteiger partial charge is 0.273 e. The fraction of sp³-hybridized carbons (Fsp3) is 0.125. The second kappa shape index (κ2) is 7.01. The highest BCUT2D eigenvalue weighted by Crippen LogP contribution is 2.12. The number of hydrogen-bond donors (Lipinski definition) is 1. The van der Waals surface area contributed by atoms with E-state index in [-0.39, 0.29) is 5.91 Å². The van der Waals surface area contributed by atoms with Crippen LogP contribution in [0.1, 0.15) is 18.1 Å². The highest BCUT2D eigenvalue weighted by Gasteiger charge is 2.03. The van der Waals surface area contributed by atoms with E-state index in [0.29, 0.717) is 6.42 Å². The number of hydrazone groups is 1. The molecule has 0 atom stereocenters. The van der Waals surface area contributed by atoms with Crippen LogP contribution in [0.2, 0.25) is 0 Å². The molecule has 0 fully saturated rings. The number of amides is 1. The number of carbonyl (C=O) groups excluding carboxylic acids is 1. The quantitative estimate of drug-likeness (QED) is 0.676. The maximum Gasteiger partial charge on any atom is 0.244 e. The van der Waals surface area contributed by atoms with E-state index < -0.39 is 0 Å². The van der Waals surface area contributed by atoms with Gasteiger partial charge in [0, 0.05) is 4.47 Å². The lowest BCUT2D eigenvalue weighted by atomic mass is 10.1. The fourth-order valence-corrected chi connectivity index (χ4v) is 2.14. The van der Waals surface area contributed by atoms with Gasteiger partial charge < -0.3 is 0 Å². The zero-order valence-corrected chi connectivity index (χ0v) is 12.7. The van der Waals surface area contributed by atoms with E-state index in [9.17, 15) is 4.79 Å². The van der Waals surface area contributed by atoms with Gasteiger partial charge in [-0.3, -0.25) is 4.79 Å². The van der Waals surface area contributed by atoms with E-state index in [2.05, 4.69) is 26.5 Å². The van der Waals surface area contributed by atoms with E-state index in [1.807, 2.05) is 61.5 Å². The van der Waals surface area contributed by atoms with Gasteiger partial charge in [-0.1, -0.05) is 58.4 Å². The van der Waals surface area contributed by atoms with Crippen molar-refractivity contribution in [2.45, 2.75) is 13.3 Å². The molecule has 0 aliphatic rings. The number of halogens is 1. The van der Waals surface area contributed by atoms with E-state index in [0.717, 1.165) is 21.3 Å². The molecule has 4 heteroatoms. The molecule has 0 saturated carbocycles. The van der Waals surface area contributed by atoms with Crippen molar-refractivity contribution in [2.24, 2.45) is 5.10 Å². The van der Waals surface area contributed by atoms with Crippen LogP contribution in [-0.2, 0) is 11.2 Å². The third kappa shape index (κ3) is 4.31. The Morgan fingerprint density at radius 3 is 2.60 bits per heavy atom. The molecule has 0 unspecified atom stereocenters. The Balaban J connectivity index is 1.97. The number of hydrogen-bond acceptors (Lipinski definition) is 2. The molecule has 3 nitrogen and oxygen atoms in total. The SMILES string of the molecule is C/C(=N/NC(=O)Cc1ccccc1)c1cccc(Br)c1. The monoisotopic (exact) mass is 330 g/mol. The molecule has 102 valence electrons. The molecule has 0 spiro atoms. The maximum absolute atomic E-state index is 11.8. The van der Waals surface area contributed by atoms with E-state index in [1.165, 1.54) is 0 Å². The van der Waals surface area contributed by atoms with Crippen molar-refractivity contribution in [3.05, 3.63) is 70.2 Å². The third-order valence-corrected chi connectivity index (χ3v) is 3.29. The molecule has 0 saturated heterocycles. The Hall–Kier alpha value is -1.94. The first kappa shape index (κ1) is 14.5. The molecular weight excluding hydrogens is 316 g/mol. The summed E-state index contributed by atoms with van der Waals surface area (Å²) >= 11 is 3.41. The maximum atomic E-state index is 11.8. The first-order chi connectivity index (χ1) is 9.65. The second-order valence-electron chi connectivity index (χ2n) is 4.40. The lowest BCUT2D eigenvalue weighted by molar-refractivity contribution is -0.120. The molecular formula is C16H15BrN2O. The number of nitrogens with one attached hydrogen (secondary N) is 1. The standard InChI is InChI=1S/C16H15BrN2O/c1-12(14-8-5-9-15(17)11-14)18-19-16(20)10-13-6-3-2-4-7-13/h2-9,11H,10H2,1H3,(H,19,20)/b18-12-. The minimum atomic E-state index is -0.120. The van der Waals surface area contributed by atoms with Crippen LogP contribution in [0.4, 0.5) is 0 Å². The number of nitrogens with zero attached hydrogens (tertiary/aromatic N) is 1. The molecule has 1 amide bonds. The molecule has 2 rings (SSSR count). The van der Waals surface area contributed by atoms with Crippen molar-refractivity contribution in [2.75, 3.05) is 0 Å². The Bertz CT molecular complexity index is 623. The van der Waals surface area contributed by atoms with Crippen LogP contribution in [0.5, 0.6) is 0 Å². The molecule has 0 bridgehead atoms. The summed E-state index contributed by atoms with van der Waals surface area (Å²) in [5.41, 5.74) is 5.30. The van der Waals surface area contributed by atoms with Gasteiger partial charge in [-0.15, -0.1) is 0 Å². The molecule has 0 heterocycles. The zero-order chi connectivity index (χ0) is 14.4. The normalized spacial score (nSPS) is 11.2. The Labute approximate surface area is 126 Å². The topological polar surface area (TPSA) is 41.5 Å². The lowest BCUT2D eigenvalue weighted by Crippen LogP contribution is -2.21. The summed E-state index contributed by atoms with van der Waals surface area (Å²) in [7, 11) is 0. The first-order valence-electron chi connectivity index (χ1n) is 6.28. The van der Waals surface area contributed by atoms with Crippen molar-refractivity contribution in [3.63, 3.8) is 0 Å². The molecule has 20 heavy (non-hydrogen) atoms. The number of rotatable bonds is 4. The third-order valence-electron chi connectivity index (χ3n) is 2.80. The van der Waals surface area contributed by atoms with Crippen LogP contribution < -0.4 is 5.43 Å². The van der Waals surface area contributed by atoms with Crippen molar-refractivity contribution in [1.82, 2.24) is 5.43 Å². The first-order valence-corrected chi connectivity index (χ1v) is 7.07. The zero-order valence-electron chi connectivity index (χ0n) is 11.1. The average molecular weight is 331 g/mol. The van der Waals surface area contributed by atoms with Gasteiger partial charge in [0.25, 0.3) is 0 Å². The Kier molecular flexibility index (Phi) is 5.07. The average Bonchev–Trinajstić information content (AvgIpc) is 2.46. The van der Waals surface area contributed by atoms with Crippen LogP contribution in [-0.4, -0.2) is 11.6 Å². The second-order valence-corrected chi connectivity index (χ2v) is 5.32. The fourth-order valence-electron chi connectivity index (χ4n) is 1.75. The number of benzene rings is 2. The minimum absolute atomic E-state index is 0.120. The smallest absolute Gasteiger partial charge is 0.244 e. The van der Waals surface area contributed by atoms with Crippen LogP contribution in [0.15, 0.2) is 64.2 Å². The predicted molar refractivity (Wildman–Crippen MR) is 84.6 cm³/mol. The summed E-state index contributed by atoms with van der Waals surface area (Å²) < 4.78 is 0.986. The van der Waals surface area contributed by atoms with E-state index in [4.69, 9.17) is 0 Å². The lowest BCUT2D eigenvalue weighted by Gasteiger charge is -2.03. The Morgan fingerprint density at radius 1 is 1.15 bits per heavy atom. The molecule has 0 aliphatic heterocycles. The van der Waals surface area contributed by atoms with E-state index >= 15 is 0 Å². The Morgan fingerprint density at radius 2 is 1.90 bits per heavy atom. The summed E-state index contributed by atoms with van der Waals surface area (Å²) in [5, 5.41) is 4.13. The van der Waals surface area contributed by atoms with Gasteiger partial charge in [-0.2, -0.15) is 5.10 Å². The molecule has 2 aromatic carbocycles. The van der Waals surface area contributed by atoms with Gasteiger partial charge in [0.15, 0.2) is 0 Å². The van der Waals surface area contributed by atoms with Crippen molar-refractivity contribution >= 4 is 27.5 Å². The van der Waals surface area contributed by atoms with Crippen LogP contribution in [0.25, 0.3) is 0 Å². The van der Waals surface area contributed by atoms with Crippen molar-refractivity contribution in [1.29, 1.82) is 0 Å². The van der Waals surface area contributed by atoms with Gasteiger partial charge in [0.1, 0.15) is 0 Å².